The fourth-order valence-electron chi connectivity index (χ4n) is 11.0. The molecule has 11 aromatic rings. The minimum absolute atomic E-state index is 0.575. The highest BCUT2D eigenvalue weighted by Gasteiger charge is 2.50. The molecule has 2 nitrogen and oxygen atoms in total. The topological polar surface area (TPSA) is 8.17 Å². The molecule has 0 unspecified atom stereocenters. The third kappa shape index (κ3) is 4.67. The molecule has 284 valence electrons. The second-order valence-electron chi connectivity index (χ2n) is 16.4. The number of rotatable bonds is 6. The van der Waals surface area contributed by atoms with Crippen LogP contribution in [0, 0.1) is 0 Å². The van der Waals surface area contributed by atoms with Crippen molar-refractivity contribution in [2.75, 3.05) is 4.90 Å². The molecule has 0 N–H and O–H groups in total. The molecule has 13 rings (SSSR count). The van der Waals surface area contributed by atoms with Gasteiger partial charge in [-0.15, -0.1) is 0 Å². The molecule has 2 aliphatic rings. The second kappa shape index (κ2) is 13.0. The number of aromatic nitrogens is 1. The number of anilines is 3. The van der Waals surface area contributed by atoms with E-state index in [1.807, 2.05) is 0 Å². The lowest BCUT2D eigenvalue weighted by Crippen LogP contribution is -2.31. The van der Waals surface area contributed by atoms with Crippen LogP contribution < -0.4 is 4.90 Å². The summed E-state index contributed by atoms with van der Waals surface area (Å²) in [7, 11) is 0. The van der Waals surface area contributed by atoms with Crippen LogP contribution in [0.3, 0.4) is 0 Å². The van der Waals surface area contributed by atoms with Crippen molar-refractivity contribution in [1.82, 2.24) is 4.57 Å². The maximum absolute atomic E-state index is 2.53. The SMILES string of the molecule is c1ccc(-c2ccccc2N(c2ccccc2)c2cc3c4c(ccc5c4c4c(cccc4n5-c4ccccc4-c4ccccc4)C34c3ccccc3-c3ccccc34)c2)cc1. The third-order valence-electron chi connectivity index (χ3n) is 13.3. The molecule has 0 aliphatic heterocycles. The highest BCUT2D eigenvalue weighted by molar-refractivity contribution is 6.27. The van der Waals surface area contributed by atoms with Gasteiger partial charge in [0.15, 0.2) is 0 Å². The van der Waals surface area contributed by atoms with E-state index in [-0.39, 0.29) is 0 Å². The van der Waals surface area contributed by atoms with Crippen LogP contribution in [-0.4, -0.2) is 4.57 Å². The zero-order valence-corrected chi connectivity index (χ0v) is 33.3. The lowest BCUT2D eigenvalue weighted by atomic mass is 9.63. The van der Waals surface area contributed by atoms with Crippen molar-refractivity contribution in [1.29, 1.82) is 0 Å². The average molecular weight is 775 g/mol. The zero-order valence-electron chi connectivity index (χ0n) is 33.3. The summed E-state index contributed by atoms with van der Waals surface area (Å²) < 4.78 is 2.53. The quantitative estimate of drug-likeness (QED) is 0.163. The van der Waals surface area contributed by atoms with Crippen molar-refractivity contribution < 1.29 is 0 Å². The summed E-state index contributed by atoms with van der Waals surface area (Å²) in [4.78, 5) is 2.47. The summed E-state index contributed by atoms with van der Waals surface area (Å²) in [5, 5.41) is 5.18. The number of hydrogen-bond donors (Lipinski definition) is 0. The highest BCUT2D eigenvalue weighted by atomic mass is 15.1. The van der Waals surface area contributed by atoms with E-state index >= 15 is 0 Å². The molecule has 0 radical (unpaired) electrons. The molecule has 0 amide bonds. The van der Waals surface area contributed by atoms with Crippen molar-refractivity contribution >= 4 is 49.6 Å². The minimum Gasteiger partial charge on any atom is -0.310 e. The van der Waals surface area contributed by atoms with E-state index in [4.69, 9.17) is 0 Å². The first-order valence-electron chi connectivity index (χ1n) is 21.2. The largest absolute Gasteiger partial charge is 0.310 e. The predicted octanol–water partition coefficient (Wildman–Crippen LogP) is 15.4. The predicted molar refractivity (Wildman–Crippen MR) is 255 cm³/mol. The standard InChI is InChI=1S/C59H38N2/c1-4-19-39(20-5-1)44-25-12-16-32-52(44)60(42-23-8-3-9-24-42)43-37-41-35-36-55-58-56(41)51(38-43)59(48-29-14-10-27-46(48)47-28-11-15-30-49(47)59)50-31-18-34-54(57(50)58)61(55)53-33-17-13-26-45(53)40-21-6-2-7-22-40/h1-38H. The monoisotopic (exact) mass is 774 g/mol. The Morgan fingerprint density at radius 3 is 1.57 bits per heavy atom. The number of fused-ring (bicyclic) bond motifs is 7. The van der Waals surface area contributed by atoms with Gasteiger partial charge in [0.05, 0.1) is 27.8 Å². The van der Waals surface area contributed by atoms with E-state index in [9.17, 15) is 0 Å². The summed E-state index contributed by atoms with van der Waals surface area (Å²) in [6.45, 7) is 0. The number of para-hydroxylation sites is 3. The molecule has 1 aromatic heterocycles. The van der Waals surface area contributed by atoms with Gasteiger partial charge >= 0.3 is 0 Å². The molecule has 0 bridgehead atoms. The Balaban J connectivity index is 1.20. The van der Waals surface area contributed by atoms with Crippen molar-refractivity contribution in [2.24, 2.45) is 0 Å². The van der Waals surface area contributed by atoms with Gasteiger partial charge in [-0.05, 0) is 104 Å². The fourth-order valence-corrected chi connectivity index (χ4v) is 11.0. The van der Waals surface area contributed by atoms with E-state index in [0.29, 0.717) is 0 Å². The van der Waals surface area contributed by atoms with E-state index < -0.39 is 5.41 Å². The van der Waals surface area contributed by atoms with Gasteiger partial charge in [0.25, 0.3) is 0 Å². The van der Waals surface area contributed by atoms with Gasteiger partial charge in [-0.1, -0.05) is 182 Å². The smallest absolute Gasteiger partial charge is 0.0727 e. The van der Waals surface area contributed by atoms with Gasteiger partial charge in [-0.25, -0.2) is 0 Å². The van der Waals surface area contributed by atoms with Gasteiger partial charge < -0.3 is 9.47 Å². The Labute approximate surface area is 354 Å². The summed E-state index contributed by atoms with van der Waals surface area (Å²) in [5.41, 5.74) is 19.1. The molecule has 0 saturated carbocycles. The van der Waals surface area contributed by atoms with Crippen LogP contribution in [0.5, 0.6) is 0 Å². The first kappa shape index (κ1) is 34.0. The summed E-state index contributed by atoms with van der Waals surface area (Å²) in [6.07, 6.45) is 0. The first-order valence-corrected chi connectivity index (χ1v) is 21.2. The summed E-state index contributed by atoms with van der Waals surface area (Å²) in [5.74, 6) is 0. The van der Waals surface area contributed by atoms with Crippen LogP contribution >= 0.6 is 0 Å². The molecule has 2 heteroatoms. The van der Waals surface area contributed by atoms with E-state index in [0.717, 1.165) is 17.1 Å². The van der Waals surface area contributed by atoms with Gasteiger partial charge in [0.1, 0.15) is 0 Å². The van der Waals surface area contributed by atoms with Crippen molar-refractivity contribution in [3.05, 3.63) is 253 Å². The Bertz CT molecular complexity index is 3480. The molecular weight excluding hydrogens is 737 g/mol. The maximum atomic E-state index is 2.53. The number of hydrogen-bond acceptors (Lipinski definition) is 1. The molecule has 10 aromatic carbocycles. The molecule has 61 heavy (non-hydrogen) atoms. The minimum atomic E-state index is -0.575. The van der Waals surface area contributed by atoms with Crippen LogP contribution in [-0.2, 0) is 5.41 Å². The first-order chi connectivity index (χ1) is 30.3. The molecule has 0 atom stereocenters. The van der Waals surface area contributed by atoms with E-state index in [1.54, 1.807) is 0 Å². The molecule has 2 aliphatic carbocycles. The zero-order chi connectivity index (χ0) is 40.1. The van der Waals surface area contributed by atoms with Crippen LogP contribution in [0.25, 0.3) is 71.6 Å². The Hall–Kier alpha value is -7.94. The van der Waals surface area contributed by atoms with Crippen LogP contribution in [0.1, 0.15) is 22.3 Å². The highest BCUT2D eigenvalue weighted by Crippen LogP contribution is 2.63. The molecule has 1 spiro atoms. The Kier molecular flexibility index (Phi) is 7.26. The number of benzene rings is 10. The van der Waals surface area contributed by atoms with Crippen molar-refractivity contribution in [3.63, 3.8) is 0 Å². The van der Waals surface area contributed by atoms with Crippen LogP contribution in [0.2, 0.25) is 0 Å². The van der Waals surface area contributed by atoms with E-state index in [1.165, 1.54) is 93.9 Å². The maximum Gasteiger partial charge on any atom is 0.0727 e. The molecule has 0 fully saturated rings. The van der Waals surface area contributed by atoms with E-state index in [2.05, 4.69) is 240 Å². The molecule has 0 saturated heterocycles. The molecule has 1 heterocycles. The van der Waals surface area contributed by atoms with Crippen molar-refractivity contribution in [2.45, 2.75) is 5.41 Å². The molecular formula is C59H38N2. The Morgan fingerprint density at radius 2 is 0.869 bits per heavy atom. The van der Waals surface area contributed by atoms with Gasteiger partial charge in [-0.2, -0.15) is 0 Å². The lowest BCUT2D eigenvalue weighted by molar-refractivity contribution is 0.783. The van der Waals surface area contributed by atoms with Crippen LogP contribution in [0.4, 0.5) is 17.1 Å². The lowest BCUT2D eigenvalue weighted by Gasteiger charge is -2.39. The summed E-state index contributed by atoms with van der Waals surface area (Å²) in [6, 6.07) is 85.3. The summed E-state index contributed by atoms with van der Waals surface area (Å²) >= 11 is 0. The number of nitrogens with zero attached hydrogens (tertiary/aromatic N) is 2. The third-order valence-corrected chi connectivity index (χ3v) is 13.3. The van der Waals surface area contributed by atoms with Crippen LogP contribution in [0.15, 0.2) is 231 Å². The van der Waals surface area contributed by atoms with Gasteiger partial charge in [0.2, 0.25) is 0 Å². The Morgan fingerprint density at radius 1 is 0.328 bits per heavy atom. The van der Waals surface area contributed by atoms with Gasteiger partial charge in [-0.3, -0.25) is 0 Å². The van der Waals surface area contributed by atoms with Gasteiger partial charge in [0, 0.05) is 33.3 Å². The fraction of sp³-hybridized carbons (Fsp3) is 0.0169. The second-order valence-corrected chi connectivity index (χ2v) is 16.4. The normalized spacial score (nSPS) is 13.0. The van der Waals surface area contributed by atoms with Crippen molar-refractivity contribution in [3.8, 4) is 39.1 Å². The average Bonchev–Trinajstić information content (AvgIpc) is 3.83.